The first kappa shape index (κ1) is 20.4. The Balaban J connectivity index is 1.53. The van der Waals surface area contributed by atoms with Crippen molar-refractivity contribution < 1.29 is 8.78 Å². The molecule has 1 aliphatic rings. The van der Waals surface area contributed by atoms with Crippen molar-refractivity contribution in [1.82, 2.24) is 0 Å². The van der Waals surface area contributed by atoms with Crippen LogP contribution in [-0.2, 0) is 6.42 Å². The van der Waals surface area contributed by atoms with Crippen molar-refractivity contribution in [3.05, 3.63) is 59.7 Å². The predicted octanol–water partition coefficient (Wildman–Crippen LogP) is 7.06. The van der Waals surface area contributed by atoms with Gasteiger partial charge in [-0.2, -0.15) is 9.65 Å². The van der Waals surface area contributed by atoms with Crippen molar-refractivity contribution in [3.63, 3.8) is 0 Å². The van der Waals surface area contributed by atoms with Gasteiger partial charge in [0.05, 0.1) is 0 Å². The highest BCUT2D eigenvalue weighted by atomic mass is 19.1. The first-order chi connectivity index (χ1) is 12.7. The highest BCUT2D eigenvalue weighted by Crippen LogP contribution is 2.34. The summed E-state index contributed by atoms with van der Waals surface area (Å²) in [5.41, 5.74) is 1.23. The number of unbranched alkanes of at least 4 members (excludes halogenated alkanes) is 1. The molecule has 1 fully saturated rings. The summed E-state index contributed by atoms with van der Waals surface area (Å²) >= 11 is 0. The Labute approximate surface area is 156 Å². The number of nitrogens with zero attached hydrogens (tertiary/aromatic N) is 1. The average Bonchev–Trinajstić information content (AvgIpc) is 2.67. The van der Waals surface area contributed by atoms with Crippen molar-refractivity contribution >= 4 is 0 Å². The molecule has 3 heteroatoms. The van der Waals surface area contributed by atoms with E-state index in [0.717, 1.165) is 31.1 Å². The minimum Gasteiger partial charge on any atom is -0.207 e. The van der Waals surface area contributed by atoms with Crippen LogP contribution in [0.2, 0.25) is 0 Å². The van der Waals surface area contributed by atoms with Gasteiger partial charge in [-0.05, 0) is 61.3 Å². The largest absolute Gasteiger partial charge is 0.207 e. The van der Waals surface area contributed by atoms with Crippen molar-refractivity contribution in [2.45, 2.75) is 64.2 Å². The SMILES string of the molecule is N#C/C(F)=C/C=C/CCC1CCC(CCCCc2ccc(F)cc2)CC1. The molecule has 26 heavy (non-hydrogen) atoms. The minimum absolute atomic E-state index is 0.160. The molecule has 1 nitrogen and oxygen atoms in total. The van der Waals surface area contributed by atoms with Gasteiger partial charge in [-0.3, -0.25) is 0 Å². The quantitative estimate of drug-likeness (QED) is 0.264. The molecule has 0 radical (unpaired) electrons. The molecule has 0 atom stereocenters. The molecule has 1 saturated carbocycles. The summed E-state index contributed by atoms with van der Waals surface area (Å²) < 4.78 is 25.5. The molecule has 0 aromatic heterocycles. The molecule has 1 aromatic rings. The van der Waals surface area contributed by atoms with E-state index in [1.54, 1.807) is 18.2 Å². The van der Waals surface area contributed by atoms with Gasteiger partial charge in [0.15, 0.2) is 5.83 Å². The van der Waals surface area contributed by atoms with E-state index in [9.17, 15) is 8.78 Å². The fraction of sp³-hybridized carbons (Fsp3) is 0.522. The van der Waals surface area contributed by atoms with Crippen molar-refractivity contribution in [2.75, 3.05) is 0 Å². The van der Waals surface area contributed by atoms with E-state index >= 15 is 0 Å². The molecule has 0 saturated heterocycles. The second kappa shape index (κ2) is 11.6. The standard InChI is InChI=1S/C23H29F2N/c24-22-16-14-21(15-17-22)8-5-4-7-20-12-10-19(11-13-20)6-2-1-3-9-23(25)18-26/h1,3,9,14-17,19-20H,2,4-8,10-13H2/b3-1+,23-9-. The summed E-state index contributed by atoms with van der Waals surface area (Å²) in [6.07, 6.45) is 17.0. The number of rotatable bonds is 9. The van der Waals surface area contributed by atoms with Crippen LogP contribution >= 0.6 is 0 Å². The Kier molecular flexibility index (Phi) is 9.10. The molecule has 0 amide bonds. The lowest BCUT2D eigenvalue weighted by molar-refractivity contribution is 0.250. The third-order valence-electron chi connectivity index (χ3n) is 5.43. The van der Waals surface area contributed by atoms with Crippen molar-refractivity contribution in [3.8, 4) is 6.07 Å². The number of hydrogen-bond acceptors (Lipinski definition) is 1. The number of halogens is 2. The topological polar surface area (TPSA) is 23.8 Å². The van der Waals surface area contributed by atoms with Gasteiger partial charge in [0.25, 0.3) is 0 Å². The van der Waals surface area contributed by atoms with Crippen LogP contribution in [0.1, 0.15) is 63.4 Å². The highest BCUT2D eigenvalue weighted by Gasteiger charge is 2.20. The smallest absolute Gasteiger partial charge is 0.199 e. The predicted molar refractivity (Wildman–Crippen MR) is 103 cm³/mol. The second-order valence-electron chi connectivity index (χ2n) is 7.39. The van der Waals surface area contributed by atoms with Crippen LogP contribution in [0.3, 0.4) is 0 Å². The summed E-state index contributed by atoms with van der Waals surface area (Å²) in [7, 11) is 0. The van der Waals surface area contributed by atoms with Gasteiger partial charge in [-0.25, -0.2) is 4.39 Å². The third kappa shape index (κ3) is 7.95. The molecule has 1 aromatic carbocycles. The first-order valence-corrected chi connectivity index (χ1v) is 9.84. The number of hydrogen-bond donors (Lipinski definition) is 0. The fourth-order valence-electron chi connectivity index (χ4n) is 3.84. The van der Waals surface area contributed by atoms with Gasteiger partial charge in [-0.1, -0.05) is 62.8 Å². The lowest BCUT2D eigenvalue weighted by Crippen LogP contribution is -2.14. The van der Waals surface area contributed by atoms with Gasteiger partial charge in [0.1, 0.15) is 11.9 Å². The second-order valence-corrected chi connectivity index (χ2v) is 7.39. The molecule has 0 N–H and O–H groups in total. The van der Waals surface area contributed by atoms with Crippen LogP contribution in [0.15, 0.2) is 48.3 Å². The lowest BCUT2D eigenvalue weighted by atomic mass is 9.78. The monoisotopic (exact) mass is 357 g/mol. The molecular formula is C23H29F2N. The van der Waals surface area contributed by atoms with E-state index in [2.05, 4.69) is 0 Å². The number of benzene rings is 1. The molecule has 0 bridgehead atoms. The molecule has 0 spiro atoms. The van der Waals surface area contributed by atoms with Crippen LogP contribution in [0.5, 0.6) is 0 Å². The summed E-state index contributed by atoms with van der Waals surface area (Å²) in [5, 5.41) is 8.32. The number of nitriles is 1. The van der Waals surface area contributed by atoms with Crippen LogP contribution in [0, 0.1) is 29.0 Å². The molecule has 0 aliphatic heterocycles. The Morgan fingerprint density at radius 1 is 1.04 bits per heavy atom. The Bertz CT molecular complexity index is 617. The summed E-state index contributed by atoms with van der Waals surface area (Å²) in [6.45, 7) is 0. The molecule has 1 aliphatic carbocycles. The normalized spacial score (nSPS) is 21.0. The molecule has 2 rings (SSSR count). The van der Waals surface area contributed by atoms with Crippen LogP contribution in [-0.4, -0.2) is 0 Å². The summed E-state index contributed by atoms with van der Waals surface area (Å²) in [6, 6.07) is 8.33. The van der Waals surface area contributed by atoms with Gasteiger partial charge in [0, 0.05) is 0 Å². The van der Waals surface area contributed by atoms with Gasteiger partial charge in [-0.15, -0.1) is 0 Å². The van der Waals surface area contributed by atoms with E-state index in [4.69, 9.17) is 5.26 Å². The lowest BCUT2D eigenvalue weighted by Gasteiger charge is -2.28. The third-order valence-corrected chi connectivity index (χ3v) is 5.43. The van der Waals surface area contributed by atoms with E-state index in [1.807, 2.05) is 18.2 Å². The Morgan fingerprint density at radius 2 is 1.69 bits per heavy atom. The average molecular weight is 357 g/mol. The Morgan fingerprint density at radius 3 is 2.35 bits per heavy atom. The summed E-state index contributed by atoms with van der Waals surface area (Å²) in [5.74, 6) is 0.760. The maximum absolute atomic E-state index is 12.9. The Hall–Kier alpha value is -1.95. The molecule has 0 unspecified atom stereocenters. The zero-order valence-electron chi connectivity index (χ0n) is 15.5. The zero-order valence-corrected chi connectivity index (χ0v) is 15.5. The van der Waals surface area contributed by atoms with Crippen molar-refractivity contribution in [1.29, 1.82) is 5.26 Å². The summed E-state index contributed by atoms with van der Waals surface area (Å²) in [4.78, 5) is 0. The van der Waals surface area contributed by atoms with Gasteiger partial charge in [0.2, 0.25) is 0 Å². The van der Waals surface area contributed by atoms with Crippen LogP contribution in [0.25, 0.3) is 0 Å². The van der Waals surface area contributed by atoms with E-state index in [0.29, 0.717) is 0 Å². The molecular weight excluding hydrogens is 328 g/mol. The van der Waals surface area contributed by atoms with E-state index < -0.39 is 5.83 Å². The highest BCUT2D eigenvalue weighted by molar-refractivity contribution is 5.18. The maximum atomic E-state index is 12.9. The van der Waals surface area contributed by atoms with Crippen molar-refractivity contribution in [2.24, 2.45) is 11.8 Å². The van der Waals surface area contributed by atoms with E-state index in [-0.39, 0.29) is 5.82 Å². The number of allylic oxidation sites excluding steroid dienone is 4. The van der Waals surface area contributed by atoms with E-state index in [1.165, 1.54) is 62.7 Å². The fourth-order valence-corrected chi connectivity index (χ4v) is 3.84. The van der Waals surface area contributed by atoms with Gasteiger partial charge < -0.3 is 0 Å². The van der Waals surface area contributed by atoms with Crippen LogP contribution < -0.4 is 0 Å². The van der Waals surface area contributed by atoms with Gasteiger partial charge >= 0.3 is 0 Å². The maximum Gasteiger partial charge on any atom is 0.199 e. The first-order valence-electron chi connectivity index (χ1n) is 9.84. The molecule has 0 heterocycles. The number of aryl methyl sites for hydroxylation is 1. The molecule has 140 valence electrons. The zero-order chi connectivity index (χ0) is 18.6. The minimum atomic E-state index is -0.735. The van der Waals surface area contributed by atoms with Crippen LogP contribution in [0.4, 0.5) is 8.78 Å².